The van der Waals surface area contributed by atoms with E-state index in [1.54, 1.807) is 12.1 Å². The normalized spacial score (nSPS) is 15.8. The largest absolute Gasteiger partial charge is 0.493 e. The molecule has 1 amide bonds. The van der Waals surface area contributed by atoms with E-state index in [-0.39, 0.29) is 10.8 Å². The number of unbranched alkanes of at least 4 members (excludes halogenated alkanes) is 1. The van der Waals surface area contributed by atoms with E-state index in [4.69, 9.17) is 10.5 Å². The van der Waals surface area contributed by atoms with Crippen molar-refractivity contribution in [1.82, 2.24) is 5.32 Å². The third kappa shape index (κ3) is 6.30. The number of hydrogen-bond acceptors (Lipinski definition) is 3. The predicted molar refractivity (Wildman–Crippen MR) is 159 cm³/mol. The molecule has 202 valence electrons. The zero-order valence-corrected chi connectivity index (χ0v) is 24.0. The van der Waals surface area contributed by atoms with Gasteiger partial charge in [-0.25, -0.2) is 0 Å². The van der Waals surface area contributed by atoms with E-state index in [1.807, 2.05) is 12.1 Å². The maximum Gasteiger partial charge on any atom is 0.248 e. The lowest BCUT2D eigenvalue weighted by Crippen LogP contribution is -2.33. The van der Waals surface area contributed by atoms with Crippen LogP contribution in [0.5, 0.6) is 5.75 Å². The van der Waals surface area contributed by atoms with E-state index in [1.165, 1.54) is 29.5 Å². The van der Waals surface area contributed by atoms with Gasteiger partial charge in [0.15, 0.2) is 0 Å². The van der Waals surface area contributed by atoms with Gasteiger partial charge in [0, 0.05) is 17.2 Å². The molecule has 0 radical (unpaired) electrons. The lowest BCUT2D eigenvalue weighted by Gasteiger charge is -2.42. The predicted octanol–water partition coefficient (Wildman–Crippen LogP) is 7.63. The number of amides is 1. The number of rotatable bonds is 10. The molecule has 0 aromatic heterocycles. The molecule has 0 heterocycles. The Morgan fingerprint density at radius 3 is 2.13 bits per heavy atom. The monoisotopic (exact) mass is 512 g/mol. The van der Waals surface area contributed by atoms with Gasteiger partial charge in [-0.15, -0.1) is 0 Å². The number of carbonyl (C=O) groups is 1. The Hall–Kier alpha value is -3.11. The topological polar surface area (TPSA) is 64.3 Å². The lowest BCUT2D eigenvalue weighted by atomic mass is 9.63. The van der Waals surface area contributed by atoms with Gasteiger partial charge in [0.05, 0.1) is 6.61 Å². The third-order valence-corrected chi connectivity index (χ3v) is 8.03. The van der Waals surface area contributed by atoms with Crippen LogP contribution in [0.15, 0.2) is 60.7 Å². The lowest BCUT2D eigenvalue weighted by molar-refractivity contribution is 0.100. The quantitative estimate of drug-likeness (QED) is 0.275. The van der Waals surface area contributed by atoms with Crippen molar-refractivity contribution in [2.24, 2.45) is 5.73 Å². The molecule has 1 aliphatic carbocycles. The molecule has 0 bridgehead atoms. The smallest absolute Gasteiger partial charge is 0.248 e. The van der Waals surface area contributed by atoms with Gasteiger partial charge >= 0.3 is 0 Å². The second-order valence-corrected chi connectivity index (χ2v) is 12.3. The van der Waals surface area contributed by atoms with Crippen molar-refractivity contribution < 1.29 is 9.53 Å². The maximum atomic E-state index is 11.5. The second-order valence-electron chi connectivity index (χ2n) is 12.3. The summed E-state index contributed by atoms with van der Waals surface area (Å²) < 4.78 is 6.39. The molecule has 4 nitrogen and oxygen atoms in total. The summed E-state index contributed by atoms with van der Waals surface area (Å²) in [6.07, 6.45) is 4.46. The van der Waals surface area contributed by atoms with Gasteiger partial charge in [-0.2, -0.15) is 0 Å². The molecule has 0 saturated heterocycles. The van der Waals surface area contributed by atoms with Gasteiger partial charge in [-0.05, 0) is 95.1 Å². The van der Waals surface area contributed by atoms with Crippen LogP contribution < -0.4 is 15.8 Å². The molecular formula is C34H44N2O2. The summed E-state index contributed by atoms with van der Waals surface area (Å²) >= 11 is 0. The van der Waals surface area contributed by atoms with Gasteiger partial charge in [0.2, 0.25) is 5.91 Å². The van der Waals surface area contributed by atoms with Gasteiger partial charge in [-0.3, -0.25) is 4.79 Å². The zero-order valence-electron chi connectivity index (χ0n) is 24.0. The summed E-state index contributed by atoms with van der Waals surface area (Å²) in [4.78, 5) is 11.5. The number of benzene rings is 3. The number of nitrogens with one attached hydrogen (secondary N) is 1. The van der Waals surface area contributed by atoms with Crippen molar-refractivity contribution in [2.45, 2.75) is 84.1 Å². The van der Waals surface area contributed by atoms with Crippen molar-refractivity contribution in [3.05, 3.63) is 77.4 Å². The van der Waals surface area contributed by atoms with E-state index in [0.717, 1.165) is 41.8 Å². The molecule has 4 heteroatoms. The van der Waals surface area contributed by atoms with Crippen LogP contribution >= 0.6 is 0 Å². The zero-order chi connectivity index (χ0) is 27.5. The second kappa shape index (κ2) is 11.3. The van der Waals surface area contributed by atoms with Crippen molar-refractivity contribution in [3.8, 4) is 28.0 Å². The van der Waals surface area contributed by atoms with E-state index in [9.17, 15) is 4.79 Å². The van der Waals surface area contributed by atoms with E-state index >= 15 is 0 Å². The third-order valence-electron chi connectivity index (χ3n) is 8.03. The summed E-state index contributed by atoms with van der Waals surface area (Å²) in [6, 6.07) is 21.4. The van der Waals surface area contributed by atoms with Crippen molar-refractivity contribution in [1.29, 1.82) is 0 Å². The number of hydrogen-bond donors (Lipinski definition) is 2. The van der Waals surface area contributed by atoms with Gasteiger partial charge in [0.1, 0.15) is 5.75 Å². The molecule has 3 aromatic carbocycles. The van der Waals surface area contributed by atoms with Crippen LogP contribution in [-0.2, 0) is 10.8 Å². The fourth-order valence-electron chi connectivity index (χ4n) is 5.44. The minimum Gasteiger partial charge on any atom is -0.493 e. The Bertz CT molecular complexity index is 1270. The first-order valence-corrected chi connectivity index (χ1v) is 14.0. The SMILES string of the molecule is CC(C)NCCCCOc1ccc(-c2ccc(C(N)=O)cc2)cc1-c1ccc2c(c1)C(C)(C)CCC2(C)C. The molecular weight excluding hydrogens is 468 g/mol. The first-order valence-electron chi connectivity index (χ1n) is 14.0. The molecule has 0 saturated carbocycles. The Kier molecular flexibility index (Phi) is 8.32. The number of ether oxygens (including phenoxy) is 1. The molecule has 0 aliphatic heterocycles. The molecule has 3 N–H and O–H groups in total. The summed E-state index contributed by atoms with van der Waals surface area (Å²) in [6.45, 7) is 15.5. The first kappa shape index (κ1) is 27.9. The number of nitrogens with two attached hydrogens (primary N) is 1. The highest BCUT2D eigenvalue weighted by Crippen LogP contribution is 2.47. The van der Waals surface area contributed by atoms with Gasteiger partial charge in [0.25, 0.3) is 0 Å². The van der Waals surface area contributed by atoms with Crippen LogP contribution in [0.25, 0.3) is 22.3 Å². The van der Waals surface area contributed by atoms with Crippen LogP contribution in [0.4, 0.5) is 0 Å². The average molecular weight is 513 g/mol. The molecule has 0 atom stereocenters. The van der Waals surface area contributed by atoms with Crippen LogP contribution in [0.2, 0.25) is 0 Å². The molecule has 3 aromatic rings. The number of carbonyl (C=O) groups excluding carboxylic acids is 1. The number of primary amides is 1. The number of fused-ring (bicyclic) bond motifs is 1. The highest BCUT2D eigenvalue weighted by atomic mass is 16.5. The Morgan fingerprint density at radius 1 is 0.842 bits per heavy atom. The fraction of sp³-hybridized carbons (Fsp3) is 0.441. The summed E-state index contributed by atoms with van der Waals surface area (Å²) in [5.41, 5.74) is 13.6. The van der Waals surface area contributed by atoms with E-state index in [2.05, 4.69) is 83.3 Å². The minimum atomic E-state index is -0.413. The first-order chi connectivity index (χ1) is 18.0. The Labute approximate surface area is 229 Å². The Morgan fingerprint density at radius 2 is 1.47 bits per heavy atom. The molecule has 38 heavy (non-hydrogen) atoms. The molecule has 1 aliphatic rings. The molecule has 0 spiro atoms. The summed E-state index contributed by atoms with van der Waals surface area (Å²) in [5.74, 6) is 0.497. The average Bonchev–Trinajstić information content (AvgIpc) is 2.88. The molecule has 0 fully saturated rings. The fourth-order valence-corrected chi connectivity index (χ4v) is 5.44. The van der Waals surface area contributed by atoms with E-state index < -0.39 is 5.91 Å². The molecule has 0 unspecified atom stereocenters. The standard InChI is InChI=1S/C34H44N2O2/c1-23(2)36-19-7-8-20-38-31-16-14-26(24-9-11-25(12-10-24)32(35)37)21-28(31)27-13-15-29-30(22-27)34(5,6)18-17-33(29,3)4/h9-16,21-23,36H,7-8,17-20H2,1-6H3,(H2,35,37). The van der Waals surface area contributed by atoms with Crippen LogP contribution in [-0.4, -0.2) is 25.1 Å². The van der Waals surface area contributed by atoms with E-state index in [0.29, 0.717) is 18.2 Å². The van der Waals surface area contributed by atoms with Gasteiger partial charge < -0.3 is 15.8 Å². The minimum absolute atomic E-state index is 0.132. The highest BCUT2D eigenvalue weighted by molar-refractivity contribution is 5.93. The van der Waals surface area contributed by atoms with Crippen LogP contribution in [0.3, 0.4) is 0 Å². The highest BCUT2D eigenvalue weighted by Gasteiger charge is 2.37. The maximum absolute atomic E-state index is 11.5. The Balaban J connectivity index is 1.69. The van der Waals surface area contributed by atoms with Crippen LogP contribution in [0, 0.1) is 0 Å². The van der Waals surface area contributed by atoms with Crippen molar-refractivity contribution >= 4 is 5.91 Å². The molecule has 4 rings (SSSR count). The van der Waals surface area contributed by atoms with Crippen molar-refractivity contribution in [3.63, 3.8) is 0 Å². The van der Waals surface area contributed by atoms with Crippen molar-refractivity contribution in [2.75, 3.05) is 13.2 Å². The van der Waals surface area contributed by atoms with Gasteiger partial charge in [-0.1, -0.05) is 77.9 Å². The summed E-state index contributed by atoms with van der Waals surface area (Å²) in [7, 11) is 0. The summed E-state index contributed by atoms with van der Waals surface area (Å²) in [5, 5.41) is 3.48. The van der Waals surface area contributed by atoms with Crippen LogP contribution in [0.1, 0.15) is 88.7 Å².